The Morgan fingerprint density at radius 3 is 2.50 bits per heavy atom. The van der Waals surface area contributed by atoms with Gasteiger partial charge in [0, 0.05) is 0 Å². The molecule has 0 aromatic heterocycles. The van der Waals surface area contributed by atoms with Crippen LogP contribution in [-0.2, 0) is 0 Å². The van der Waals surface area contributed by atoms with Crippen molar-refractivity contribution in [3.8, 4) is 0 Å². The van der Waals surface area contributed by atoms with Crippen molar-refractivity contribution in [1.82, 2.24) is 0 Å². The second kappa shape index (κ2) is 10.3. The maximum absolute atomic E-state index is 9.70. The molecule has 0 aromatic carbocycles. The van der Waals surface area contributed by atoms with Crippen LogP contribution in [0.2, 0.25) is 0 Å². The molecule has 70 valence electrons. The van der Waals surface area contributed by atoms with Gasteiger partial charge >= 0.3 is 0 Å². The van der Waals surface area contributed by atoms with Crippen LogP contribution in [0.1, 0.15) is 45.4 Å². The predicted octanol–water partition coefficient (Wildman–Crippen LogP) is 3.67. The number of unbranched alkanes of at least 4 members (excludes halogenated alkanes) is 4. The Morgan fingerprint density at radius 1 is 1.08 bits per heavy atom. The van der Waals surface area contributed by atoms with Gasteiger partial charge in [0.1, 0.15) is 0 Å². The van der Waals surface area contributed by atoms with Crippen LogP contribution in [-0.4, -0.2) is 6.54 Å². The molecular formula is C10H19NO. The van der Waals surface area contributed by atoms with Gasteiger partial charge < -0.3 is 0 Å². The highest BCUT2D eigenvalue weighted by molar-refractivity contribution is 4.81. The van der Waals surface area contributed by atoms with E-state index >= 15 is 0 Å². The molecule has 0 aliphatic carbocycles. The largest absolute Gasteiger partial charge is 0.151 e. The second-order valence-corrected chi connectivity index (χ2v) is 2.96. The van der Waals surface area contributed by atoms with Crippen molar-refractivity contribution < 1.29 is 0 Å². The lowest BCUT2D eigenvalue weighted by Gasteiger charge is -1.93. The molecule has 0 saturated carbocycles. The highest BCUT2D eigenvalue weighted by Crippen LogP contribution is 2.02. The third kappa shape index (κ3) is 9.34. The van der Waals surface area contributed by atoms with E-state index in [2.05, 4.69) is 18.2 Å². The minimum atomic E-state index is 0.422. The lowest BCUT2D eigenvalue weighted by Crippen LogP contribution is -1.75. The number of nitrogens with zero attached hydrogens (tertiary/aromatic N) is 1. The minimum absolute atomic E-state index is 0.422. The lowest BCUT2D eigenvalue weighted by atomic mass is 10.1. The van der Waals surface area contributed by atoms with Crippen molar-refractivity contribution in [2.24, 2.45) is 5.18 Å². The Balaban J connectivity index is 2.97. The van der Waals surface area contributed by atoms with E-state index in [-0.39, 0.29) is 0 Å². The number of hydrogen-bond acceptors (Lipinski definition) is 2. The summed E-state index contributed by atoms with van der Waals surface area (Å²) in [6, 6.07) is 0. The third-order valence-electron chi connectivity index (χ3n) is 1.78. The Kier molecular flexibility index (Phi) is 9.77. The summed E-state index contributed by atoms with van der Waals surface area (Å²) in [6.45, 7) is 2.64. The van der Waals surface area contributed by atoms with Crippen molar-refractivity contribution >= 4 is 0 Å². The van der Waals surface area contributed by atoms with E-state index in [9.17, 15) is 4.91 Å². The van der Waals surface area contributed by atoms with Gasteiger partial charge in [-0.1, -0.05) is 43.5 Å². The van der Waals surface area contributed by atoms with E-state index in [1.165, 1.54) is 25.7 Å². The summed E-state index contributed by atoms with van der Waals surface area (Å²) in [4.78, 5) is 9.70. The topological polar surface area (TPSA) is 29.4 Å². The number of hydrogen-bond donors (Lipinski definition) is 0. The summed E-state index contributed by atoms with van der Waals surface area (Å²) < 4.78 is 0. The molecule has 0 spiro atoms. The van der Waals surface area contributed by atoms with E-state index in [1.54, 1.807) is 0 Å². The predicted molar refractivity (Wildman–Crippen MR) is 53.2 cm³/mol. The van der Waals surface area contributed by atoms with Crippen molar-refractivity contribution in [2.45, 2.75) is 45.4 Å². The van der Waals surface area contributed by atoms with Crippen molar-refractivity contribution in [2.75, 3.05) is 6.54 Å². The molecule has 0 amide bonds. The number of rotatable bonds is 8. The fourth-order valence-electron chi connectivity index (χ4n) is 1.05. The first-order valence-corrected chi connectivity index (χ1v) is 4.86. The zero-order valence-corrected chi connectivity index (χ0v) is 7.96. The van der Waals surface area contributed by atoms with E-state index < -0.39 is 0 Å². The van der Waals surface area contributed by atoms with Gasteiger partial charge in [-0.15, -0.1) is 0 Å². The molecule has 0 N–H and O–H groups in total. The molecule has 2 nitrogen and oxygen atoms in total. The summed E-state index contributed by atoms with van der Waals surface area (Å²) in [5, 5.41) is 2.78. The van der Waals surface area contributed by atoms with E-state index in [4.69, 9.17) is 0 Å². The summed E-state index contributed by atoms with van der Waals surface area (Å²) in [5.74, 6) is 0. The number of nitroso groups, excluding NO2 is 1. The smallest absolute Gasteiger partial charge is 0.0845 e. The van der Waals surface area contributed by atoms with Crippen LogP contribution in [0.4, 0.5) is 0 Å². The van der Waals surface area contributed by atoms with Crippen LogP contribution >= 0.6 is 0 Å². The van der Waals surface area contributed by atoms with Gasteiger partial charge in [-0.05, 0) is 19.3 Å². The average molecular weight is 169 g/mol. The molecule has 0 rings (SSSR count). The Bertz CT molecular complexity index is 121. The molecule has 2 heteroatoms. The molecule has 0 saturated heterocycles. The molecule has 0 unspecified atom stereocenters. The maximum atomic E-state index is 9.70. The van der Waals surface area contributed by atoms with E-state index in [0.29, 0.717) is 6.54 Å². The van der Waals surface area contributed by atoms with Gasteiger partial charge in [-0.3, -0.25) is 0 Å². The van der Waals surface area contributed by atoms with Crippen molar-refractivity contribution in [3.63, 3.8) is 0 Å². The Labute approximate surface area is 75.0 Å². The first kappa shape index (κ1) is 11.3. The summed E-state index contributed by atoms with van der Waals surface area (Å²) in [7, 11) is 0. The molecule has 0 bridgehead atoms. The average Bonchev–Trinajstić information content (AvgIpc) is 2.10. The monoisotopic (exact) mass is 169 g/mol. The fraction of sp³-hybridized carbons (Fsp3) is 0.800. The van der Waals surface area contributed by atoms with Crippen LogP contribution in [0, 0.1) is 4.91 Å². The third-order valence-corrected chi connectivity index (χ3v) is 1.78. The molecule has 12 heavy (non-hydrogen) atoms. The summed E-state index contributed by atoms with van der Waals surface area (Å²) in [5.41, 5.74) is 0. The van der Waals surface area contributed by atoms with Gasteiger partial charge in [0.15, 0.2) is 0 Å². The lowest BCUT2D eigenvalue weighted by molar-refractivity contribution is 0.674. The SMILES string of the molecule is CCCCCC/C=C\CCN=O. The standard InChI is InChI=1S/C10H19NO/c1-2-3-4-5-6-7-8-9-10-11-12/h7-8H,2-6,9-10H2,1H3/b8-7-. The quantitative estimate of drug-likeness (QED) is 0.309. The molecule has 0 aliphatic heterocycles. The van der Waals surface area contributed by atoms with Gasteiger partial charge in [-0.25, -0.2) is 0 Å². The molecular weight excluding hydrogens is 150 g/mol. The Hall–Kier alpha value is -0.660. The molecule has 0 aliphatic rings. The minimum Gasteiger partial charge on any atom is -0.151 e. The van der Waals surface area contributed by atoms with Gasteiger partial charge in [0.05, 0.1) is 6.54 Å². The normalized spacial score (nSPS) is 10.8. The molecule has 0 aromatic rings. The van der Waals surface area contributed by atoms with E-state index in [1.807, 2.05) is 6.08 Å². The van der Waals surface area contributed by atoms with Crippen LogP contribution in [0.5, 0.6) is 0 Å². The van der Waals surface area contributed by atoms with Gasteiger partial charge in [0.2, 0.25) is 0 Å². The molecule has 0 radical (unpaired) electrons. The number of allylic oxidation sites excluding steroid dienone is 1. The highest BCUT2D eigenvalue weighted by Gasteiger charge is 1.84. The van der Waals surface area contributed by atoms with Crippen LogP contribution < -0.4 is 0 Å². The maximum Gasteiger partial charge on any atom is 0.0845 e. The summed E-state index contributed by atoms with van der Waals surface area (Å²) in [6.07, 6.45) is 11.4. The molecule has 0 heterocycles. The van der Waals surface area contributed by atoms with Gasteiger partial charge in [0.25, 0.3) is 0 Å². The second-order valence-electron chi connectivity index (χ2n) is 2.96. The first-order valence-electron chi connectivity index (χ1n) is 4.86. The van der Waals surface area contributed by atoms with E-state index in [0.717, 1.165) is 12.8 Å². The highest BCUT2D eigenvalue weighted by atomic mass is 16.3. The molecule has 0 atom stereocenters. The van der Waals surface area contributed by atoms with Gasteiger partial charge in [-0.2, -0.15) is 4.91 Å². The Morgan fingerprint density at radius 2 is 1.83 bits per heavy atom. The first-order chi connectivity index (χ1) is 5.91. The fourth-order valence-corrected chi connectivity index (χ4v) is 1.05. The van der Waals surface area contributed by atoms with Crippen LogP contribution in [0.15, 0.2) is 17.3 Å². The summed E-state index contributed by atoms with van der Waals surface area (Å²) >= 11 is 0. The van der Waals surface area contributed by atoms with Crippen LogP contribution in [0.25, 0.3) is 0 Å². The van der Waals surface area contributed by atoms with Crippen LogP contribution in [0.3, 0.4) is 0 Å². The molecule has 0 fully saturated rings. The zero-order chi connectivity index (χ0) is 9.07. The zero-order valence-electron chi connectivity index (χ0n) is 7.96. The van der Waals surface area contributed by atoms with Crippen molar-refractivity contribution in [1.29, 1.82) is 0 Å². The van der Waals surface area contributed by atoms with Crippen molar-refractivity contribution in [3.05, 3.63) is 17.1 Å².